The molecule has 18 heavy (non-hydrogen) atoms. The van der Waals surface area contributed by atoms with E-state index in [1.165, 1.54) is 24.2 Å². The summed E-state index contributed by atoms with van der Waals surface area (Å²) in [5.41, 5.74) is 2.31. The first kappa shape index (κ1) is 14.6. The fraction of sp³-hybridized carbons (Fsp3) is 0.385. The van der Waals surface area contributed by atoms with Gasteiger partial charge in [-0.15, -0.1) is 11.8 Å². The maximum Gasteiger partial charge on any atom is 0.325 e. The number of carboxylic acid groups (broad SMARTS) is 1. The van der Waals surface area contributed by atoms with Crippen LogP contribution in [-0.4, -0.2) is 28.8 Å². The minimum absolute atomic E-state index is 0.224. The van der Waals surface area contributed by atoms with Gasteiger partial charge >= 0.3 is 5.97 Å². The highest BCUT2D eigenvalue weighted by Crippen LogP contribution is 2.22. The van der Waals surface area contributed by atoms with Gasteiger partial charge in [-0.05, 0) is 32.4 Å². The van der Waals surface area contributed by atoms with E-state index in [1.807, 2.05) is 26.0 Å². The molecule has 0 aliphatic carbocycles. The summed E-state index contributed by atoms with van der Waals surface area (Å²) in [6.07, 6.45) is 0. The van der Waals surface area contributed by atoms with E-state index in [1.54, 1.807) is 0 Å². The SMILES string of the molecule is Cc1ccc(SCC(=O)NC(C)C(=O)O)c(C)c1. The number of hydrogen-bond acceptors (Lipinski definition) is 3. The van der Waals surface area contributed by atoms with Crippen LogP contribution >= 0.6 is 11.8 Å². The lowest BCUT2D eigenvalue weighted by atomic mass is 10.2. The van der Waals surface area contributed by atoms with E-state index in [0.717, 1.165) is 10.5 Å². The van der Waals surface area contributed by atoms with Gasteiger partial charge in [-0.3, -0.25) is 9.59 Å². The molecule has 5 heteroatoms. The zero-order valence-corrected chi connectivity index (χ0v) is 11.5. The van der Waals surface area contributed by atoms with Crippen LogP contribution in [0.25, 0.3) is 0 Å². The molecule has 4 nitrogen and oxygen atoms in total. The summed E-state index contributed by atoms with van der Waals surface area (Å²) >= 11 is 1.41. The number of hydrogen-bond donors (Lipinski definition) is 2. The normalized spacial score (nSPS) is 11.9. The van der Waals surface area contributed by atoms with Gasteiger partial charge in [0.2, 0.25) is 5.91 Å². The Morgan fingerprint density at radius 2 is 2.06 bits per heavy atom. The molecule has 0 bridgehead atoms. The highest BCUT2D eigenvalue weighted by Gasteiger charge is 2.14. The van der Waals surface area contributed by atoms with Crippen molar-refractivity contribution in [3.8, 4) is 0 Å². The van der Waals surface area contributed by atoms with Crippen LogP contribution in [0.1, 0.15) is 18.1 Å². The topological polar surface area (TPSA) is 66.4 Å². The van der Waals surface area contributed by atoms with Gasteiger partial charge in [0.1, 0.15) is 6.04 Å². The number of carbonyl (C=O) groups is 2. The monoisotopic (exact) mass is 267 g/mol. The summed E-state index contributed by atoms with van der Waals surface area (Å²) in [5, 5.41) is 11.1. The highest BCUT2D eigenvalue weighted by atomic mass is 32.2. The van der Waals surface area contributed by atoms with Crippen molar-refractivity contribution in [2.45, 2.75) is 31.7 Å². The Morgan fingerprint density at radius 3 is 2.61 bits per heavy atom. The van der Waals surface area contributed by atoms with Crippen molar-refractivity contribution >= 4 is 23.6 Å². The summed E-state index contributed by atoms with van der Waals surface area (Å²) < 4.78 is 0. The molecule has 0 radical (unpaired) electrons. The second kappa shape index (κ2) is 6.44. The maximum absolute atomic E-state index is 11.5. The molecule has 1 aromatic carbocycles. The zero-order valence-electron chi connectivity index (χ0n) is 10.7. The molecule has 0 aliphatic rings. The molecule has 0 saturated heterocycles. The second-order valence-corrected chi connectivity index (χ2v) is 5.20. The van der Waals surface area contributed by atoms with Crippen LogP contribution in [0.2, 0.25) is 0 Å². The lowest BCUT2D eigenvalue weighted by Crippen LogP contribution is -2.39. The van der Waals surface area contributed by atoms with Gasteiger partial charge in [-0.25, -0.2) is 0 Å². The van der Waals surface area contributed by atoms with Gasteiger partial charge in [0.15, 0.2) is 0 Å². The summed E-state index contributed by atoms with van der Waals surface area (Å²) in [6.45, 7) is 5.46. The van der Waals surface area contributed by atoms with Crippen LogP contribution < -0.4 is 5.32 Å². The first-order chi connectivity index (χ1) is 8.40. The van der Waals surface area contributed by atoms with Crippen molar-refractivity contribution in [1.82, 2.24) is 5.32 Å². The Morgan fingerprint density at radius 1 is 1.39 bits per heavy atom. The zero-order chi connectivity index (χ0) is 13.7. The summed E-state index contributed by atoms with van der Waals surface area (Å²) in [7, 11) is 0. The van der Waals surface area contributed by atoms with Crippen molar-refractivity contribution in [2.75, 3.05) is 5.75 Å². The third kappa shape index (κ3) is 4.41. The Hall–Kier alpha value is -1.49. The minimum atomic E-state index is -1.03. The predicted molar refractivity (Wildman–Crippen MR) is 71.9 cm³/mol. The third-order valence-electron chi connectivity index (χ3n) is 2.44. The van der Waals surface area contributed by atoms with Gasteiger partial charge in [0, 0.05) is 4.90 Å². The number of rotatable bonds is 5. The molecular formula is C13H17NO3S. The molecule has 0 aromatic heterocycles. The first-order valence-electron chi connectivity index (χ1n) is 5.62. The van der Waals surface area contributed by atoms with Crippen LogP contribution in [0.3, 0.4) is 0 Å². The van der Waals surface area contributed by atoms with Gasteiger partial charge in [-0.1, -0.05) is 17.7 Å². The maximum atomic E-state index is 11.5. The van der Waals surface area contributed by atoms with Crippen molar-refractivity contribution in [3.63, 3.8) is 0 Å². The minimum Gasteiger partial charge on any atom is -0.480 e. The van der Waals surface area contributed by atoms with Gasteiger partial charge < -0.3 is 10.4 Å². The predicted octanol–water partition coefficient (Wildman–Crippen LogP) is 1.98. The third-order valence-corrected chi connectivity index (χ3v) is 3.61. The molecule has 0 spiro atoms. The number of aliphatic carboxylic acids is 1. The first-order valence-corrected chi connectivity index (χ1v) is 6.61. The van der Waals surface area contributed by atoms with E-state index in [0.29, 0.717) is 0 Å². The lowest BCUT2D eigenvalue weighted by molar-refractivity contribution is -0.140. The van der Waals surface area contributed by atoms with Crippen LogP contribution in [0, 0.1) is 13.8 Å². The largest absolute Gasteiger partial charge is 0.480 e. The molecule has 0 aliphatic heterocycles. The second-order valence-electron chi connectivity index (χ2n) is 4.19. The summed E-state index contributed by atoms with van der Waals surface area (Å²) in [5.74, 6) is -1.07. The van der Waals surface area contributed by atoms with E-state index in [4.69, 9.17) is 5.11 Å². The molecule has 1 amide bonds. The Bertz CT molecular complexity index is 460. The molecule has 0 heterocycles. The number of carboxylic acids is 1. The van der Waals surface area contributed by atoms with Crippen LogP contribution in [0.4, 0.5) is 0 Å². The van der Waals surface area contributed by atoms with Gasteiger partial charge in [-0.2, -0.15) is 0 Å². The molecule has 1 atom stereocenters. The lowest BCUT2D eigenvalue weighted by Gasteiger charge is -2.10. The molecule has 1 unspecified atom stereocenters. The highest BCUT2D eigenvalue weighted by molar-refractivity contribution is 8.00. The van der Waals surface area contributed by atoms with Crippen molar-refractivity contribution < 1.29 is 14.7 Å². The Balaban J connectivity index is 2.50. The summed E-state index contributed by atoms with van der Waals surface area (Å²) in [6, 6.07) is 5.17. The molecule has 1 aromatic rings. The van der Waals surface area contributed by atoms with E-state index in [2.05, 4.69) is 11.4 Å². The number of carbonyl (C=O) groups excluding carboxylic acids is 1. The van der Waals surface area contributed by atoms with Crippen molar-refractivity contribution in [3.05, 3.63) is 29.3 Å². The van der Waals surface area contributed by atoms with E-state index < -0.39 is 12.0 Å². The van der Waals surface area contributed by atoms with Crippen molar-refractivity contribution in [1.29, 1.82) is 0 Å². The van der Waals surface area contributed by atoms with Crippen LogP contribution in [-0.2, 0) is 9.59 Å². The number of aryl methyl sites for hydroxylation is 2. The molecule has 0 saturated carbocycles. The molecule has 2 N–H and O–H groups in total. The van der Waals surface area contributed by atoms with E-state index in [9.17, 15) is 9.59 Å². The van der Waals surface area contributed by atoms with Crippen LogP contribution in [0.5, 0.6) is 0 Å². The number of amides is 1. The summed E-state index contributed by atoms with van der Waals surface area (Å²) in [4.78, 5) is 23.1. The van der Waals surface area contributed by atoms with E-state index >= 15 is 0 Å². The molecular weight excluding hydrogens is 250 g/mol. The average Bonchev–Trinajstić information content (AvgIpc) is 2.27. The van der Waals surface area contributed by atoms with E-state index in [-0.39, 0.29) is 11.7 Å². The smallest absolute Gasteiger partial charge is 0.325 e. The standard InChI is InChI=1S/C13H17NO3S/c1-8-4-5-11(9(2)6-8)18-7-12(15)14-10(3)13(16)17/h4-6,10H,7H2,1-3H3,(H,14,15)(H,16,17). The van der Waals surface area contributed by atoms with Gasteiger partial charge in [0.25, 0.3) is 0 Å². The Labute approximate surface area is 111 Å². The average molecular weight is 267 g/mol. The van der Waals surface area contributed by atoms with Crippen molar-refractivity contribution in [2.24, 2.45) is 0 Å². The fourth-order valence-corrected chi connectivity index (χ4v) is 2.27. The van der Waals surface area contributed by atoms with Crippen LogP contribution in [0.15, 0.2) is 23.1 Å². The molecule has 98 valence electrons. The number of thioether (sulfide) groups is 1. The molecule has 1 rings (SSSR count). The number of benzene rings is 1. The molecule has 0 fully saturated rings. The van der Waals surface area contributed by atoms with Gasteiger partial charge in [0.05, 0.1) is 5.75 Å². The quantitative estimate of drug-likeness (QED) is 0.801. The fourth-order valence-electron chi connectivity index (χ4n) is 1.45. The number of nitrogens with one attached hydrogen (secondary N) is 1. The Kier molecular flexibility index (Phi) is 5.22.